The molecule has 1 aliphatic heterocycles. The zero-order chi connectivity index (χ0) is 13.7. The molecule has 6 nitrogen and oxygen atoms in total. The van der Waals surface area contributed by atoms with Gasteiger partial charge < -0.3 is 19.5 Å². The number of hydrogen-bond donors (Lipinski definition) is 1. The Morgan fingerprint density at radius 2 is 2.42 bits per heavy atom. The number of imidazole rings is 1. The van der Waals surface area contributed by atoms with Crippen LogP contribution in [0.2, 0.25) is 0 Å². The smallest absolute Gasteiger partial charge is 0.222 e. The van der Waals surface area contributed by atoms with Crippen molar-refractivity contribution in [3.8, 4) is 0 Å². The summed E-state index contributed by atoms with van der Waals surface area (Å²) in [6.07, 6.45) is 5.26. The van der Waals surface area contributed by atoms with Crippen LogP contribution in [0.4, 0.5) is 0 Å². The standard InChI is InChI=1S/C13H22N4O2/c1-16-9-11(3-4-13(16)18)17-10-15-8-12(17)7-14-5-6-19-2/h8,10-11,14H,3-7,9H2,1-2H3. The van der Waals surface area contributed by atoms with E-state index in [1.54, 1.807) is 12.0 Å². The van der Waals surface area contributed by atoms with Crippen molar-refractivity contribution in [2.45, 2.75) is 25.4 Å². The molecule has 2 rings (SSSR count). The molecule has 106 valence electrons. The molecule has 1 unspecified atom stereocenters. The van der Waals surface area contributed by atoms with Crippen LogP contribution in [0.5, 0.6) is 0 Å². The minimum absolute atomic E-state index is 0.233. The number of aromatic nitrogens is 2. The lowest BCUT2D eigenvalue weighted by Gasteiger charge is -2.31. The molecule has 2 heterocycles. The number of hydrogen-bond acceptors (Lipinski definition) is 4. The summed E-state index contributed by atoms with van der Waals surface area (Å²) in [4.78, 5) is 17.5. The Kier molecular flexibility index (Phi) is 4.93. The molecule has 1 atom stereocenters. The predicted octanol–water partition coefficient (Wildman–Crippen LogP) is 0.412. The third-order valence-electron chi connectivity index (χ3n) is 3.53. The van der Waals surface area contributed by atoms with Crippen molar-refractivity contribution in [2.75, 3.05) is 33.9 Å². The SMILES string of the molecule is COCCNCc1cncn1C1CCC(=O)N(C)C1. The molecule has 0 saturated carbocycles. The number of nitrogens with one attached hydrogen (secondary N) is 1. The van der Waals surface area contributed by atoms with Gasteiger partial charge >= 0.3 is 0 Å². The van der Waals surface area contributed by atoms with Gasteiger partial charge in [0, 0.05) is 46.4 Å². The number of amides is 1. The highest BCUT2D eigenvalue weighted by Crippen LogP contribution is 2.22. The van der Waals surface area contributed by atoms with E-state index in [9.17, 15) is 4.79 Å². The van der Waals surface area contributed by atoms with Crippen LogP contribution in [0.15, 0.2) is 12.5 Å². The van der Waals surface area contributed by atoms with Crippen molar-refractivity contribution in [2.24, 2.45) is 0 Å². The van der Waals surface area contributed by atoms with E-state index in [2.05, 4.69) is 14.9 Å². The first-order valence-corrected chi connectivity index (χ1v) is 6.66. The summed E-state index contributed by atoms with van der Waals surface area (Å²) in [5.74, 6) is 0.233. The van der Waals surface area contributed by atoms with Crippen molar-refractivity contribution in [3.05, 3.63) is 18.2 Å². The summed E-state index contributed by atoms with van der Waals surface area (Å²) in [6, 6.07) is 0.337. The second kappa shape index (κ2) is 6.68. The molecule has 1 saturated heterocycles. The molecule has 1 N–H and O–H groups in total. The van der Waals surface area contributed by atoms with Gasteiger partial charge in [0.15, 0.2) is 0 Å². The first kappa shape index (κ1) is 14.0. The summed E-state index contributed by atoms with van der Waals surface area (Å²) in [6.45, 7) is 3.07. The molecule has 0 spiro atoms. The Balaban J connectivity index is 1.93. The van der Waals surface area contributed by atoms with Gasteiger partial charge in [0.25, 0.3) is 0 Å². The Morgan fingerprint density at radius 1 is 1.58 bits per heavy atom. The van der Waals surface area contributed by atoms with Crippen LogP contribution in [-0.4, -0.2) is 54.2 Å². The molecule has 1 aromatic rings. The highest BCUT2D eigenvalue weighted by Gasteiger charge is 2.24. The number of nitrogens with zero attached hydrogens (tertiary/aromatic N) is 3. The van der Waals surface area contributed by atoms with E-state index in [4.69, 9.17) is 4.74 Å². The van der Waals surface area contributed by atoms with Crippen molar-refractivity contribution in [1.82, 2.24) is 19.8 Å². The average Bonchev–Trinajstić information content (AvgIpc) is 2.86. The second-order valence-electron chi connectivity index (χ2n) is 4.93. The Labute approximate surface area is 113 Å². The van der Waals surface area contributed by atoms with Crippen LogP contribution in [0.1, 0.15) is 24.6 Å². The van der Waals surface area contributed by atoms with E-state index >= 15 is 0 Å². The molecule has 19 heavy (non-hydrogen) atoms. The number of carbonyl (C=O) groups excluding carboxylic acids is 1. The fourth-order valence-electron chi connectivity index (χ4n) is 2.41. The van der Waals surface area contributed by atoms with E-state index < -0.39 is 0 Å². The van der Waals surface area contributed by atoms with Gasteiger partial charge in [0.05, 0.1) is 24.7 Å². The van der Waals surface area contributed by atoms with Crippen molar-refractivity contribution >= 4 is 5.91 Å². The van der Waals surface area contributed by atoms with Crippen LogP contribution < -0.4 is 5.32 Å². The number of methoxy groups -OCH3 is 1. The summed E-state index contributed by atoms with van der Waals surface area (Å²) in [7, 11) is 3.56. The number of carbonyl (C=O) groups is 1. The number of rotatable bonds is 6. The van der Waals surface area contributed by atoms with Crippen LogP contribution in [-0.2, 0) is 16.1 Å². The highest BCUT2D eigenvalue weighted by atomic mass is 16.5. The van der Waals surface area contributed by atoms with Gasteiger partial charge in [-0.3, -0.25) is 4.79 Å². The molecule has 1 aliphatic rings. The van der Waals surface area contributed by atoms with E-state index in [0.717, 1.165) is 31.7 Å². The quantitative estimate of drug-likeness (QED) is 0.758. The monoisotopic (exact) mass is 266 g/mol. The van der Waals surface area contributed by atoms with Crippen LogP contribution in [0.25, 0.3) is 0 Å². The highest BCUT2D eigenvalue weighted by molar-refractivity contribution is 5.76. The van der Waals surface area contributed by atoms with Crippen molar-refractivity contribution in [1.29, 1.82) is 0 Å². The predicted molar refractivity (Wildman–Crippen MR) is 71.7 cm³/mol. The fourth-order valence-corrected chi connectivity index (χ4v) is 2.41. The number of ether oxygens (including phenoxy) is 1. The molecular weight excluding hydrogens is 244 g/mol. The van der Waals surface area contributed by atoms with E-state index in [-0.39, 0.29) is 5.91 Å². The van der Waals surface area contributed by atoms with E-state index in [0.29, 0.717) is 19.1 Å². The lowest BCUT2D eigenvalue weighted by atomic mass is 10.1. The Bertz CT molecular complexity index is 419. The van der Waals surface area contributed by atoms with Crippen molar-refractivity contribution < 1.29 is 9.53 Å². The molecule has 0 aromatic carbocycles. The first-order valence-electron chi connectivity index (χ1n) is 6.66. The van der Waals surface area contributed by atoms with Crippen LogP contribution in [0, 0.1) is 0 Å². The van der Waals surface area contributed by atoms with Gasteiger partial charge in [0.1, 0.15) is 0 Å². The summed E-state index contributed by atoms with van der Waals surface area (Å²) in [5, 5.41) is 3.32. The zero-order valence-corrected chi connectivity index (χ0v) is 11.6. The van der Waals surface area contributed by atoms with Gasteiger partial charge in [-0.1, -0.05) is 0 Å². The summed E-state index contributed by atoms with van der Waals surface area (Å²) in [5.41, 5.74) is 1.16. The lowest BCUT2D eigenvalue weighted by Crippen LogP contribution is -2.38. The molecule has 0 bridgehead atoms. The summed E-state index contributed by atoms with van der Waals surface area (Å²) >= 11 is 0. The largest absolute Gasteiger partial charge is 0.383 e. The minimum Gasteiger partial charge on any atom is -0.383 e. The van der Waals surface area contributed by atoms with Crippen LogP contribution >= 0.6 is 0 Å². The van der Waals surface area contributed by atoms with Crippen molar-refractivity contribution in [3.63, 3.8) is 0 Å². The Morgan fingerprint density at radius 3 is 3.16 bits per heavy atom. The minimum atomic E-state index is 0.233. The fraction of sp³-hybridized carbons (Fsp3) is 0.692. The molecule has 0 radical (unpaired) electrons. The number of likely N-dealkylation sites (tertiary alicyclic amines) is 1. The van der Waals surface area contributed by atoms with Gasteiger partial charge in [0.2, 0.25) is 5.91 Å². The molecule has 1 fully saturated rings. The maximum absolute atomic E-state index is 11.5. The Hall–Kier alpha value is -1.40. The first-order chi connectivity index (χ1) is 9.22. The normalized spacial score (nSPS) is 20.0. The second-order valence-corrected chi connectivity index (χ2v) is 4.93. The van der Waals surface area contributed by atoms with E-state index in [1.807, 2.05) is 19.6 Å². The maximum atomic E-state index is 11.5. The third-order valence-corrected chi connectivity index (χ3v) is 3.53. The zero-order valence-electron chi connectivity index (χ0n) is 11.6. The van der Waals surface area contributed by atoms with Gasteiger partial charge in [-0.15, -0.1) is 0 Å². The molecule has 6 heteroatoms. The van der Waals surface area contributed by atoms with Gasteiger partial charge in [-0.25, -0.2) is 4.98 Å². The third kappa shape index (κ3) is 3.54. The maximum Gasteiger partial charge on any atom is 0.222 e. The van der Waals surface area contributed by atoms with Gasteiger partial charge in [-0.05, 0) is 6.42 Å². The lowest BCUT2D eigenvalue weighted by molar-refractivity contribution is -0.132. The molecular formula is C13H22N4O2. The van der Waals surface area contributed by atoms with Gasteiger partial charge in [-0.2, -0.15) is 0 Å². The molecule has 1 aromatic heterocycles. The topological polar surface area (TPSA) is 59.4 Å². The van der Waals surface area contributed by atoms with Crippen LogP contribution in [0.3, 0.4) is 0 Å². The number of likely N-dealkylation sites (N-methyl/N-ethyl adjacent to an activating group) is 1. The molecule has 0 aliphatic carbocycles. The van der Waals surface area contributed by atoms with E-state index in [1.165, 1.54) is 0 Å². The molecule has 1 amide bonds. The summed E-state index contributed by atoms with van der Waals surface area (Å²) < 4.78 is 7.19. The number of piperidine rings is 1. The average molecular weight is 266 g/mol.